The van der Waals surface area contributed by atoms with E-state index in [1.807, 2.05) is 26.0 Å². The number of rotatable bonds is 7. The van der Waals surface area contributed by atoms with E-state index >= 15 is 0 Å². The molecular formula is C32H30F3N7O4S. The molecule has 1 aromatic heterocycles. The molecule has 3 aromatic carbocycles. The average molecular weight is 666 g/mol. The second kappa shape index (κ2) is 13.3. The van der Waals surface area contributed by atoms with Crippen molar-refractivity contribution in [1.29, 1.82) is 0 Å². The lowest BCUT2D eigenvalue weighted by Gasteiger charge is -2.24. The maximum atomic E-state index is 13.1. The Morgan fingerprint density at radius 3 is 2.45 bits per heavy atom. The van der Waals surface area contributed by atoms with Crippen LogP contribution >= 0.6 is 11.8 Å². The van der Waals surface area contributed by atoms with Crippen LogP contribution in [0, 0.1) is 6.92 Å². The summed E-state index contributed by atoms with van der Waals surface area (Å²) in [4.78, 5) is 49.6. The summed E-state index contributed by atoms with van der Waals surface area (Å²) in [6.07, 6.45) is -3.35. The number of ether oxygens (including phenoxy) is 1. The molecule has 2 heterocycles. The number of hydrogen-bond donors (Lipinski definition) is 1. The Balaban J connectivity index is 1.33. The van der Waals surface area contributed by atoms with Gasteiger partial charge in [-0.25, -0.2) is 14.5 Å². The molecule has 1 saturated heterocycles. The number of urea groups is 1. The number of aliphatic imine (C=N–C) groups is 1. The number of carbonyl (C=O) groups excluding carboxylic acids is 3. The summed E-state index contributed by atoms with van der Waals surface area (Å²) < 4.78 is 42.7. The van der Waals surface area contributed by atoms with Gasteiger partial charge in [-0.15, -0.1) is 18.3 Å². The maximum Gasteiger partial charge on any atom is 0.573 e. The van der Waals surface area contributed by atoms with Gasteiger partial charge in [-0.3, -0.25) is 14.5 Å². The topological polar surface area (TPSA) is 122 Å². The van der Waals surface area contributed by atoms with Crippen molar-refractivity contribution in [3.8, 4) is 22.8 Å². The third-order valence-corrected chi connectivity index (χ3v) is 8.18. The van der Waals surface area contributed by atoms with E-state index in [1.54, 1.807) is 38.2 Å². The molecule has 244 valence electrons. The number of hydrogen-bond acceptors (Lipinski definition) is 7. The lowest BCUT2D eigenvalue weighted by Crippen LogP contribution is -2.32. The zero-order valence-electron chi connectivity index (χ0n) is 26.0. The lowest BCUT2D eigenvalue weighted by atomic mass is 9.99. The monoisotopic (exact) mass is 665 g/mol. The highest BCUT2D eigenvalue weighted by Crippen LogP contribution is 2.36. The normalized spacial score (nSPS) is 14.2. The molecule has 4 amide bonds. The number of benzene rings is 3. The first-order valence-electron chi connectivity index (χ1n) is 14.3. The van der Waals surface area contributed by atoms with Gasteiger partial charge in [-0.2, -0.15) is 4.99 Å². The van der Waals surface area contributed by atoms with Crippen LogP contribution in [-0.4, -0.2) is 56.9 Å². The fraction of sp³-hybridized carbons (Fsp3) is 0.250. The van der Waals surface area contributed by atoms with Crippen molar-refractivity contribution in [3.63, 3.8) is 0 Å². The van der Waals surface area contributed by atoms with Gasteiger partial charge in [0.2, 0.25) is 11.8 Å². The number of aryl methyl sites for hydroxylation is 1. The van der Waals surface area contributed by atoms with Gasteiger partial charge in [-0.05, 0) is 78.6 Å². The Hall–Kier alpha value is -5.18. The minimum Gasteiger partial charge on any atom is -0.406 e. The summed E-state index contributed by atoms with van der Waals surface area (Å²) in [6, 6.07) is 15.1. The Morgan fingerprint density at radius 1 is 1.09 bits per heavy atom. The number of amides is 4. The number of aromatic nitrogens is 3. The first-order chi connectivity index (χ1) is 22.2. The van der Waals surface area contributed by atoms with Crippen LogP contribution in [0.25, 0.3) is 17.1 Å². The smallest absolute Gasteiger partial charge is 0.406 e. The van der Waals surface area contributed by atoms with Crippen LogP contribution in [0.4, 0.5) is 35.0 Å². The predicted octanol–water partition coefficient (Wildman–Crippen LogP) is 6.92. The molecule has 1 aliphatic rings. The Bertz CT molecular complexity index is 1870. The van der Waals surface area contributed by atoms with Crippen LogP contribution in [0.2, 0.25) is 0 Å². The highest BCUT2D eigenvalue weighted by Gasteiger charge is 2.33. The second-order valence-corrected chi connectivity index (χ2v) is 11.8. The van der Waals surface area contributed by atoms with Gasteiger partial charge >= 0.3 is 12.4 Å². The molecule has 15 heteroatoms. The van der Waals surface area contributed by atoms with Crippen molar-refractivity contribution < 1.29 is 32.3 Å². The van der Waals surface area contributed by atoms with Gasteiger partial charge in [0.25, 0.3) is 0 Å². The van der Waals surface area contributed by atoms with Gasteiger partial charge in [0, 0.05) is 30.9 Å². The molecule has 47 heavy (non-hydrogen) atoms. The molecule has 5 rings (SSSR count). The molecule has 0 saturated carbocycles. The number of thioether (sulfide) groups is 1. The van der Waals surface area contributed by atoms with Crippen molar-refractivity contribution in [1.82, 2.24) is 14.8 Å². The molecule has 0 aliphatic carbocycles. The predicted molar refractivity (Wildman–Crippen MR) is 174 cm³/mol. The van der Waals surface area contributed by atoms with Gasteiger partial charge in [-0.1, -0.05) is 31.7 Å². The number of amidine groups is 1. The van der Waals surface area contributed by atoms with E-state index in [9.17, 15) is 27.6 Å². The molecule has 0 atom stereocenters. The molecule has 0 unspecified atom stereocenters. The van der Waals surface area contributed by atoms with Crippen molar-refractivity contribution in [2.45, 2.75) is 40.0 Å². The highest BCUT2D eigenvalue weighted by atomic mass is 32.2. The van der Waals surface area contributed by atoms with Crippen LogP contribution in [0.15, 0.2) is 72.0 Å². The number of halogens is 3. The Labute approximate surface area is 272 Å². The SMILES string of the molecule is CC(=O)N(C)c1ccc(C(C)C)c(N2C(=O)CS/C2=N\C(=O)Nc2ccc(-c3ncn(-c4ccc(OC(F)(F)F)cc4)n3)cc2C)c1. The lowest BCUT2D eigenvalue weighted by molar-refractivity contribution is -0.274. The summed E-state index contributed by atoms with van der Waals surface area (Å²) in [6.45, 7) is 7.22. The first kappa shape index (κ1) is 33.2. The van der Waals surface area contributed by atoms with Crippen molar-refractivity contribution >= 4 is 51.8 Å². The molecule has 4 aromatic rings. The standard InChI is InChI=1S/C32H30F3N7O4S/c1-18(2)25-12-9-23(40(5)20(4)43)15-27(25)42-28(44)16-47-31(42)38-30(45)37-26-13-6-21(14-19(26)3)29-36-17-41(39-29)22-7-10-24(11-8-22)46-32(33,34)35/h6-15,17-18H,16H2,1-5H3,(H,37,45)/b38-31-. The zero-order valence-corrected chi connectivity index (χ0v) is 26.8. The number of nitrogens with one attached hydrogen (secondary N) is 1. The number of alkyl halides is 3. The first-order valence-corrected chi connectivity index (χ1v) is 15.3. The fourth-order valence-corrected chi connectivity index (χ4v) is 5.64. The third kappa shape index (κ3) is 7.62. The largest absolute Gasteiger partial charge is 0.573 e. The molecule has 0 radical (unpaired) electrons. The van der Waals surface area contributed by atoms with Crippen molar-refractivity contribution in [3.05, 3.63) is 78.1 Å². The summed E-state index contributed by atoms with van der Waals surface area (Å²) in [7, 11) is 1.65. The zero-order chi connectivity index (χ0) is 34.0. The van der Waals surface area contributed by atoms with Crippen molar-refractivity contribution in [2.24, 2.45) is 4.99 Å². The van der Waals surface area contributed by atoms with Crippen molar-refractivity contribution in [2.75, 3.05) is 27.9 Å². The Kier molecular flexibility index (Phi) is 9.38. The molecule has 1 aliphatic heterocycles. The van der Waals surface area contributed by atoms with E-state index in [1.165, 1.54) is 52.0 Å². The van der Waals surface area contributed by atoms with E-state index in [0.717, 1.165) is 17.3 Å². The van der Waals surface area contributed by atoms with Gasteiger partial charge in [0.1, 0.15) is 12.1 Å². The van der Waals surface area contributed by atoms with E-state index in [0.29, 0.717) is 39.7 Å². The molecule has 1 N–H and O–H groups in total. The van der Waals surface area contributed by atoms with Gasteiger partial charge < -0.3 is 15.0 Å². The van der Waals surface area contributed by atoms with Crippen LogP contribution < -0.4 is 19.9 Å². The molecule has 0 bridgehead atoms. The van der Waals surface area contributed by atoms with Crippen LogP contribution in [0.3, 0.4) is 0 Å². The number of carbonyl (C=O) groups is 3. The van der Waals surface area contributed by atoms with Crippen LogP contribution in [-0.2, 0) is 9.59 Å². The second-order valence-electron chi connectivity index (χ2n) is 10.9. The quantitative estimate of drug-likeness (QED) is 0.228. The van der Waals surface area contributed by atoms with Crippen LogP contribution in [0.5, 0.6) is 5.75 Å². The van der Waals surface area contributed by atoms with Crippen LogP contribution in [0.1, 0.15) is 37.8 Å². The average Bonchev–Trinajstić information content (AvgIpc) is 3.64. The highest BCUT2D eigenvalue weighted by molar-refractivity contribution is 8.15. The minimum atomic E-state index is -4.79. The third-order valence-electron chi connectivity index (χ3n) is 7.25. The summed E-state index contributed by atoms with van der Waals surface area (Å²) >= 11 is 1.15. The molecular weight excluding hydrogens is 635 g/mol. The fourth-order valence-electron chi connectivity index (χ4n) is 4.78. The summed E-state index contributed by atoms with van der Waals surface area (Å²) in [5, 5.41) is 7.41. The van der Waals surface area contributed by atoms with E-state index in [4.69, 9.17) is 0 Å². The minimum absolute atomic E-state index is 0.0515. The van der Waals surface area contributed by atoms with E-state index in [-0.39, 0.29) is 34.4 Å². The summed E-state index contributed by atoms with van der Waals surface area (Å²) in [5.74, 6) is -0.230. The van der Waals surface area contributed by atoms with Gasteiger partial charge in [0.15, 0.2) is 11.0 Å². The molecule has 0 spiro atoms. The van der Waals surface area contributed by atoms with Gasteiger partial charge in [0.05, 0.1) is 17.1 Å². The number of anilines is 3. The molecule has 1 fully saturated rings. The van der Waals surface area contributed by atoms with E-state index in [2.05, 4.69) is 25.1 Å². The van der Waals surface area contributed by atoms with E-state index < -0.39 is 12.4 Å². The Morgan fingerprint density at radius 2 is 1.81 bits per heavy atom. The molecule has 11 nitrogen and oxygen atoms in total. The summed E-state index contributed by atoms with van der Waals surface area (Å²) in [5.41, 5.74) is 4.33. The maximum absolute atomic E-state index is 13.1. The number of nitrogens with zero attached hydrogens (tertiary/aromatic N) is 6.